The molecule has 0 unspecified atom stereocenters. The van der Waals surface area contributed by atoms with Crippen LogP contribution in [-0.2, 0) is 6.54 Å². The summed E-state index contributed by atoms with van der Waals surface area (Å²) in [5.74, 6) is 0. The molecule has 0 radical (unpaired) electrons. The van der Waals surface area contributed by atoms with E-state index >= 15 is 0 Å². The summed E-state index contributed by atoms with van der Waals surface area (Å²) >= 11 is 6.85. The van der Waals surface area contributed by atoms with Crippen LogP contribution in [0.1, 0.15) is 16.7 Å². The molecule has 2 aromatic carbocycles. The second-order valence-electron chi connectivity index (χ2n) is 4.31. The molecule has 1 nitrogen and oxygen atoms in total. The van der Waals surface area contributed by atoms with Crippen molar-refractivity contribution in [3.05, 3.63) is 68.6 Å². The summed E-state index contributed by atoms with van der Waals surface area (Å²) in [6, 6.07) is 16.7. The molecule has 3 heteroatoms. The van der Waals surface area contributed by atoms with Gasteiger partial charge in [-0.15, -0.1) is 0 Å². The lowest BCUT2D eigenvalue weighted by Crippen LogP contribution is -2.01. The monoisotopic (exact) mass is 379 g/mol. The lowest BCUT2D eigenvalue weighted by molar-refractivity contribution is 1.14. The van der Waals surface area contributed by atoms with Gasteiger partial charge in [0.1, 0.15) is 0 Å². The Labute approximate surface area is 131 Å². The maximum Gasteiger partial charge on any atom is 0.0610 e. The Hall–Kier alpha value is -1.06. The standard InChI is InChI=1S/C16H15Br2N/c1-12-6-5-9-15(14(12)10-16(17)18)19-11-13-7-3-2-4-8-13/h2-10,19H,11H2,1H3. The average molecular weight is 381 g/mol. The van der Waals surface area contributed by atoms with E-state index in [9.17, 15) is 0 Å². The number of anilines is 1. The van der Waals surface area contributed by atoms with Crippen molar-refractivity contribution in [1.29, 1.82) is 0 Å². The van der Waals surface area contributed by atoms with E-state index in [-0.39, 0.29) is 0 Å². The van der Waals surface area contributed by atoms with E-state index in [4.69, 9.17) is 0 Å². The smallest absolute Gasteiger partial charge is 0.0610 e. The first-order chi connectivity index (χ1) is 9.16. The molecule has 0 saturated carbocycles. The molecule has 0 atom stereocenters. The number of aryl methyl sites for hydroxylation is 1. The van der Waals surface area contributed by atoms with Crippen LogP contribution in [0.3, 0.4) is 0 Å². The fourth-order valence-electron chi connectivity index (χ4n) is 1.93. The highest BCUT2D eigenvalue weighted by Crippen LogP contribution is 2.26. The molecule has 98 valence electrons. The minimum atomic E-state index is 0.824. The molecule has 0 aliphatic carbocycles. The summed E-state index contributed by atoms with van der Waals surface area (Å²) in [6.07, 6.45) is 2.07. The van der Waals surface area contributed by atoms with Crippen LogP contribution in [-0.4, -0.2) is 0 Å². The second-order valence-corrected chi connectivity index (χ2v) is 7.08. The number of halogens is 2. The van der Waals surface area contributed by atoms with Crippen LogP contribution in [0.15, 0.2) is 51.9 Å². The van der Waals surface area contributed by atoms with Gasteiger partial charge in [-0.3, -0.25) is 0 Å². The molecule has 2 rings (SSSR count). The summed E-state index contributed by atoms with van der Waals surface area (Å²) < 4.78 is 0.942. The zero-order valence-corrected chi connectivity index (χ0v) is 13.8. The summed E-state index contributed by atoms with van der Waals surface area (Å²) in [7, 11) is 0. The summed E-state index contributed by atoms with van der Waals surface area (Å²) in [4.78, 5) is 0. The second kappa shape index (κ2) is 6.92. The molecule has 0 aliphatic heterocycles. The summed E-state index contributed by atoms with van der Waals surface area (Å²) in [5.41, 5.74) is 4.86. The van der Waals surface area contributed by atoms with E-state index in [1.165, 1.54) is 16.7 Å². The fourth-order valence-corrected chi connectivity index (χ4v) is 2.39. The average Bonchev–Trinajstić information content (AvgIpc) is 2.40. The lowest BCUT2D eigenvalue weighted by atomic mass is 10.1. The van der Waals surface area contributed by atoms with Gasteiger partial charge in [0, 0.05) is 17.8 Å². The van der Waals surface area contributed by atoms with Crippen LogP contribution < -0.4 is 5.32 Å². The highest BCUT2D eigenvalue weighted by molar-refractivity contribution is 9.28. The van der Waals surface area contributed by atoms with Gasteiger partial charge in [-0.25, -0.2) is 0 Å². The summed E-state index contributed by atoms with van der Waals surface area (Å²) in [6.45, 7) is 2.94. The molecule has 1 N–H and O–H groups in total. The van der Waals surface area contributed by atoms with Gasteiger partial charge in [-0.2, -0.15) is 0 Å². The van der Waals surface area contributed by atoms with Gasteiger partial charge in [0.2, 0.25) is 0 Å². The zero-order valence-electron chi connectivity index (χ0n) is 10.7. The van der Waals surface area contributed by atoms with Crippen LogP contribution >= 0.6 is 31.9 Å². The van der Waals surface area contributed by atoms with Gasteiger partial charge in [0.05, 0.1) is 3.39 Å². The molecule has 0 amide bonds. The molecule has 0 bridgehead atoms. The fraction of sp³-hybridized carbons (Fsp3) is 0.125. The van der Waals surface area contributed by atoms with Crippen LogP contribution in [0.25, 0.3) is 6.08 Å². The van der Waals surface area contributed by atoms with E-state index in [0.717, 1.165) is 15.6 Å². The van der Waals surface area contributed by atoms with Crippen molar-refractivity contribution in [3.63, 3.8) is 0 Å². The number of hydrogen-bond donors (Lipinski definition) is 1. The molecule has 0 spiro atoms. The van der Waals surface area contributed by atoms with Crippen molar-refractivity contribution in [3.8, 4) is 0 Å². The van der Waals surface area contributed by atoms with Gasteiger partial charge >= 0.3 is 0 Å². The van der Waals surface area contributed by atoms with Gasteiger partial charge in [-0.1, -0.05) is 42.5 Å². The lowest BCUT2D eigenvalue weighted by Gasteiger charge is -2.12. The molecule has 0 aliphatic rings. The third-order valence-corrected chi connectivity index (χ3v) is 3.36. The Kier molecular flexibility index (Phi) is 5.23. The Morgan fingerprint density at radius 3 is 2.47 bits per heavy atom. The van der Waals surface area contributed by atoms with Crippen LogP contribution in [0.5, 0.6) is 0 Å². The van der Waals surface area contributed by atoms with Gasteiger partial charge < -0.3 is 5.32 Å². The summed E-state index contributed by atoms with van der Waals surface area (Å²) in [5, 5.41) is 3.49. The number of nitrogens with one attached hydrogen (secondary N) is 1. The number of benzene rings is 2. The molecule has 2 aromatic rings. The zero-order chi connectivity index (χ0) is 13.7. The van der Waals surface area contributed by atoms with E-state index in [2.05, 4.69) is 92.6 Å². The Morgan fingerprint density at radius 1 is 1.05 bits per heavy atom. The van der Waals surface area contributed by atoms with Crippen LogP contribution in [0.2, 0.25) is 0 Å². The first kappa shape index (κ1) is 14.4. The predicted molar refractivity (Wildman–Crippen MR) is 90.8 cm³/mol. The Morgan fingerprint density at radius 2 is 1.79 bits per heavy atom. The first-order valence-corrected chi connectivity index (χ1v) is 7.65. The highest BCUT2D eigenvalue weighted by Gasteiger charge is 2.03. The molecule has 0 heterocycles. The van der Waals surface area contributed by atoms with E-state index < -0.39 is 0 Å². The normalized spacial score (nSPS) is 10.1. The van der Waals surface area contributed by atoms with Gasteiger partial charge in [0.25, 0.3) is 0 Å². The quantitative estimate of drug-likeness (QED) is 0.717. The number of rotatable bonds is 4. The SMILES string of the molecule is Cc1cccc(NCc2ccccc2)c1C=C(Br)Br. The molecular weight excluding hydrogens is 366 g/mol. The maximum atomic E-state index is 3.49. The minimum Gasteiger partial charge on any atom is -0.380 e. The topological polar surface area (TPSA) is 12.0 Å². The van der Waals surface area contributed by atoms with Crippen molar-refractivity contribution >= 4 is 43.6 Å². The van der Waals surface area contributed by atoms with Crippen LogP contribution in [0, 0.1) is 6.92 Å². The molecule has 0 fully saturated rings. The predicted octanol–water partition coefficient (Wildman–Crippen LogP) is 5.70. The van der Waals surface area contributed by atoms with E-state index in [0.29, 0.717) is 0 Å². The van der Waals surface area contributed by atoms with Crippen molar-refractivity contribution in [1.82, 2.24) is 0 Å². The molecule has 19 heavy (non-hydrogen) atoms. The molecular formula is C16H15Br2N. The van der Waals surface area contributed by atoms with Gasteiger partial charge in [0.15, 0.2) is 0 Å². The van der Waals surface area contributed by atoms with Crippen molar-refractivity contribution in [2.45, 2.75) is 13.5 Å². The van der Waals surface area contributed by atoms with Crippen molar-refractivity contribution in [2.24, 2.45) is 0 Å². The largest absolute Gasteiger partial charge is 0.380 e. The van der Waals surface area contributed by atoms with Gasteiger partial charge in [-0.05, 0) is 62.1 Å². The Balaban J connectivity index is 2.21. The minimum absolute atomic E-state index is 0.824. The molecule has 0 saturated heterocycles. The van der Waals surface area contributed by atoms with Crippen molar-refractivity contribution in [2.75, 3.05) is 5.32 Å². The molecule has 0 aromatic heterocycles. The number of hydrogen-bond acceptors (Lipinski definition) is 1. The third kappa shape index (κ3) is 4.22. The first-order valence-electron chi connectivity index (χ1n) is 6.07. The highest BCUT2D eigenvalue weighted by atomic mass is 79.9. The van der Waals surface area contributed by atoms with Crippen LogP contribution in [0.4, 0.5) is 5.69 Å². The van der Waals surface area contributed by atoms with E-state index in [1.54, 1.807) is 0 Å². The third-order valence-electron chi connectivity index (χ3n) is 2.90. The Bertz CT molecular complexity index is 573. The van der Waals surface area contributed by atoms with Crippen molar-refractivity contribution < 1.29 is 0 Å². The maximum absolute atomic E-state index is 3.49. The van der Waals surface area contributed by atoms with E-state index in [1.807, 2.05) is 6.07 Å².